The molecule has 0 aromatic heterocycles. The molecule has 0 aromatic rings. The molecule has 1 unspecified atom stereocenters. The van der Waals surface area contributed by atoms with Gasteiger partial charge in [0.1, 0.15) is 0 Å². The van der Waals surface area contributed by atoms with Crippen molar-refractivity contribution >= 4 is 32.7 Å². The molecular formula is C8H19ClSn. The normalized spacial score (nSPS) is 14.7. The van der Waals surface area contributed by atoms with Crippen molar-refractivity contribution in [2.45, 2.75) is 47.4 Å². The quantitative estimate of drug-likeness (QED) is 0.395. The maximum absolute atomic E-state index is 5.84. The summed E-state index contributed by atoms with van der Waals surface area (Å²) in [6.45, 7) is 4.39. The molecule has 0 bridgehead atoms. The number of unbranched alkanes of at least 4 members (excludes halogenated alkanes) is 2. The van der Waals surface area contributed by atoms with Gasteiger partial charge < -0.3 is 0 Å². The van der Waals surface area contributed by atoms with Crippen molar-refractivity contribution in [1.29, 1.82) is 0 Å². The Balaban J connectivity index is 2.77. The van der Waals surface area contributed by atoms with E-state index in [1.807, 2.05) is 0 Å². The van der Waals surface area contributed by atoms with E-state index >= 15 is 0 Å². The van der Waals surface area contributed by atoms with Crippen LogP contribution in [0.2, 0.25) is 8.87 Å². The molecule has 0 aliphatic heterocycles. The van der Waals surface area contributed by atoms with Crippen LogP contribution in [-0.4, -0.2) is 26.5 Å². The van der Waals surface area contributed by atoms with Crippen LogP contribution in [0.15, 0.2) is 0 Å². The number of hydrogen-bond donors (Lipinski definition) is 0. The van der Waals surface area contributed by atoms with Crippen molar-refractivity contribution in [3.8, 4) is 0 Å². The van der Waals surface area contributed by atoms with Gasteiger partial charge in [-0.3, -0.25) is 0 Å². The van der Waals surface area contributed by atoms with E-state index < -0.39 is 0 Å². The molecule has 2 heteroatoms. The first kappa shape index (κ1) is 11.1. The topological polar surface area (TPSA) is 0 Å². The van der Waals surface area contributed by atoms with E-state index in [9.17, 15) is 0 Å². The van der Waals surface area contributed by atoms with Crippen molar-refractivity contribution in [3.63, 3.8) is 0 Å². The van der Waals surface area contributed by atoms with E-state index in [2.05, 4.69) is 13.8 Å². The van der Waals surface area contributed by atoms with Gasteiger partial charge in [-0.25, -0.2) is 0 Å². The molecule has 0 heterocycles. The van der Waals surface area contributed by atoms with Crippen LogP contribution in [0.4, 0.5) is 0 Å². The van der Waals surface area contributed by atoms with Gasteiger partial charge >= 0.3 is 80.1 Å². The summed E-state index contributed by atoms with van der Waals surface area (Å²) in [4.78, 5) is 0. The van der Waals surface area contributed by atoms with Gasteiger partial charge in [0, 0.05) is 0 Å². The van der Waals surface area contributed by atoms with Gasteiger partial charge in [0.25, 0.3) is 0 Å². The number of hydrogen-bond acceptors (Lipinski definition) is 0. The third kappa shape index (κ3) is 9.09. The average Bonchev–Trinajstić information content (AvgIpc) is 1.87. The van der Waals surface area contributed by atoms with Crippen molar-refractivity contribution in [1.82, 2.24) is 0 Å². The summed E-state index contributed by atoms with van der Waals surface area (Å²) in [6, 6.07) is 0. The van der Waals surface area contributed by atoms with Gasteiger partial charge in [-0.2, -0.15) is 0 Å². The second-order valence-electron chi connectivity index (χ2n) is 2.98. The Bertz CT molecular complexity index is 64.3. The molecule has 0 N–H and O–H groups in total. The van der Waals surface area contributed by atoms with Crippen molar-refractivity contribution in [2.24, 2.45) is 0 Å². The molecule has 0 saturated carbocycles. The van der Waals surface area contributed by atoms with Crippen LogP contribution in [0, 0.1) is 0 Å². The third-order valence-electron chi connectivity index (χ3n) is 1.71. The molecule has 0 radical (unpaired) electrons. The SMILES string of the molecule is CCCC[CH2][SnH2][CH2]C(C)Cl. The fraction of sp³-hybridized carbons (Fsp3) is 1.00. The Hall–Kier alpha value is 1.09. The molecule has 0 saturated heterocycles. The molecule has 1 atom stereocenters. The van der Waals surface area contributed by atoms with Gasteiger partial charge in [-0.15, -0.1) is 0 Å². The molecule has 62 valence electrons. The van der Waals surface area contributed by atoms with E-state index in [4.69, 9.17) is 11.6 Å². The number of halogens is 1. The zero-order valence-electron chi connectivity index (χ0n) is 7.20. The zero-order chi connectivity index (χ0) is 7.82. The van der Waals surface area contributed by atoms with Gasteiger partial charge in [-0.1, -0.05) is 0 Å². The Morgan fingerprint density at radius 2 is 2.10 bits per heavy atom. The molecule has 0 amide bonds. The second-order valence-corrected chi connectivity index (χ2v) is 9.41. The summed E-state index contributed by atoms with van der Waals surface area (Å²) in [5, 5.41) is 0.470. The second kappa shape index (κ2) is 8.19. The van der Waals surface area contributed by atoms with Crippen LogP contribution in [-0.2, 0) is 0 Å². The average molecular weight is 269 g/mol. The molecular weight excluding hydrogens is 250 g/mol. The third-order valence-corrected chi connectivity index (χ3v) is 9.46. The minimum absolute atomic E-state index is 0.351. The first-order valence-electron chi connectivity index (χ1n) is 4.41. The van der Waals surface area contributed by atoms with Crippen LogP contribution < -0.4 is 0 Å². The van der Waals surface area contributed by atoms with Crippen LogP contribution >= 0.6 is 11.6 Å². The molecule has 0 rings (SSSR count). The van der Waals surface area contributed by atoms with Crippen molar-refractivity contribution in [2.75, 3.05) is 0 Å². The molecule has 0 aliphatic rings. The Labute approximate surface area is 79.9 Å². The predicted molar refractivity (Wildman–Crippen MR) is 53.0 cm³/mol. The van der Waals surface area contributed by atoms with Crippen LogP contribution in [0.5, 0.6) is 0 Å². The van der Waals surface area contributed by atoms with Crippen LogP contribution in [0.1, 0.15) is 33.1 Å². The Morgan fingerprint density at radius 3 is 2.60 bits per heavy atom. The van der Waals surface area contributed by atoms with Gasteiger partial charge in [0.15, 0.2) is 0 Å². The Kier molecular flexibility index (Phi) is 9.08. The summed E-state index contributed by atoms with van der Waals surface area (Å²) >= 11 is 5.49. The van der Waals surface area contributed by atoms with Gasteiger partial charge in [0.2, 0.25) is 0 Å². The zero-order valence-corrected chi connectivity index (χ0v) is 12.0. The summed E-state index contributed by atoms with van der Waals surface area (Å²) in [7, 11) is 0. The van der Waals surface area contributed by atoms with E-state index in [1.54, 1.807) is 4.44 Å². The van der Waals surface area contributed by atoms with Crippen LogP contribution in [0.25, 0.3) is 0 Å². The standard InChI is InChI=1S/C5H11.C3H6Cl.Sn.2H/c1-3-5-4-2;1-3(2)4;;;/h1,3-5H2,2H3;3H,1H2,2H3;;;. The summed E-state index contributed by atoms with van der Waals surface area (Å²) in [5.41, 5.74) is 0. The van der Waals surface area contributed by atoms with Crippen molar-refractivity contribution < 1.29 is 0 Å². The van der Waals surface area contributed by atoms with Crippen LogP contribution in [0.3, 0.4) is 0 Å². The Morgan fingerprint density at radius 1 is 1.40 bits per heavy atom. The van der Waals surface area contributed by atoms with Gasteiger partial charge in [0.05, 0.1) is 0 Å². The van der Waals surface area contributed by atoms with E-state index in [0.29, 0.717) is 5.38 Å². The fourth-order valence-corrected chi connectivity index (χ4v) is 6.51. The van der Waals surface area contributed by atoms with Gasteiger partial charge in [-0.05, 0) is 0 Å². The summed E-state index contributed by atoms with van der Waals surface area (Å²) < 4.78 is 2.97. The fourth-order valence-electron chi connectivity index (χ4n) is 1.03. The maximum atomic E-state index is 5.84. The predicted octanol–water partition coefficient (Wildman–Crippen LogP) is 2.81. The summed E-state index contributed by atoms with van der Waals surface area (Å²) in [6.07, 6.45) is 4.28. The van der Waals surface area contributed by atoms with Crippen molar-refractivity contribution in [3.05, 3.63) is 0 Å². The number of alkyl halides is 1. The first-order valence-corrected chi connectivity index (χ1v) is 10.6. The molecule has 10 heavy (non-hydrogen) atoms. The molecule has 0 aromatic carbocycles. The first-order chi connectivity index (χ1) is 4.77. The monoisotopic (exact) mass is 270 g/mol. The number of rotatable bonds is 6. The van der Waals surface area contributed by atoms with E-state index in [0.717, 1.165) is 0 Å². The molecule has 0 nitrogen and oxygen atoms in total. The van der Waals surface area contributed by atoms with E-state index in [1.165, 1.54) is 23.7 Å². The molecule has 0 fully saturated rings. The minimum atomic E-state index is -0.351. The van der Waals surface area contributed by atoms with E-state index in [-0.39, 0.29) is 21.1 Å². The summed E-state index contributed by atoms with van der Waals surface area (Å²) in [5.74, 6) is 0. The molecule has 0 spiro atoms. The molecule has 0 aliphatic carbocycles.